The number of hydrogen-bond acceptors (Lipinski definition) is 7. The molecule has 0 unspecified atom stereocenters. The first-order valence-electron chi connectivity index (χ1n) is 7.95. The van der Waals surface area contributed by atoms with Crippen molar-refractivity contribution in [3.63, 3.8) is 0 Å². The summed E-state index contributed by atoms with van der Waals surface area (Å²) < 4.78 is 11.7. The smallest absolute Gasteiger partial charge is 0.338 e. The maximum absolute atomic E-state index is 12.0. The Morgan fingerprint density at radius 1 is 1.33 bits per heavy atom. The summed E-state index contributed by atoms with van der Waals surface area (Å²) in [5.41, 5.74) is 1.26. The van der Waals surface area contributed by atoms with Crippen molar-refractivity contribution in [3.8, 4) is 11.5 Å². The van der Waals surface area contributed by atoms with E-state index in [1.165, 1.54) is 11.3 Å². The molecule has 0 aliphatic rings. The third kappa shape index (κ3) is 4.97. The van der Waals surface area contributed by atoms with E-state index in [0.717, 1.165) is 10.2 Å². The third-order valence-corrected chi connectivity index (χ3v) is 4.95. The maximum Gasteiger partial charge on any atom is 0.338 e. The molecule has 0 saturated heterocycles. The second kappa shape index (κ2) is 8.69. The van der Waals surface area contributed by atoms with Crippen molar-refractivity contribution in [2.24, 2.45) is 0 Å². The summed E-state index contributed by atoms with van der Waals surface area (Å²) in [6, 6.07) is 6.47. The molecule has 0 bridgehead atoms. The third-order valence-electron chi connectivity index (χ3n) is 3.33. The number of ether oxygens (including phenoxy) is 2. The summed E-state index contributed by atoms with van der Waals surface area (Å²) in [5.74, 6) is 0.786. The molecule has 2 heterocycles. The summed E-state index contributed by atoms with van der Waals surface area (Å²) in [6.45, 7) is 3.94. The van der Waals surface area contributed by atoms with Crippen LogP contribution in [0.4, 0.5) is 10.9 Å². The molecule has 0 saturated carbocycles. The molecule has 3 aromatic rings. The standard InChI is InChI=1S/C18H15BrClN3O3S/c1-3-25-17(24)11-4-5-13(20)14(6-11)26-15-7-12(19)8-21-16(15)23-18-22-10(2)9-27-18/h4-9H,3H2,1-2H3,(H,21,22,23). The Morgan fingerprint density at radius 2 is 2.15 bits per heavy atom. The largest absolute Gasteiger partial charge is 0.462 e. The average Bonchev–Trinajstić information content (AvgIpc) is 3.04. The van der Waals surface area contributed by atoms with Crippen LogP contribution in [0, 0.1) is 6.92 Å². The van der Waals surface area contributed by atoms with Gasteiger partial charge in [-0.05, 0) is 48.0 Å². The van der Waals surface area contributed by atoms with Gasteiger partial charge in [0.05, 0.1) is 22.9 Å². The number of carbonyl (C=O) groups excluding carboxylic acids is 1. The molecule has 0 atom stereocenters. The molecule has 0 aliphatic carbocycles. The number of carbonyl (C=O) groups is 1. The number of rotatable bonds is 6. The molecule has 0 aliphatic heterocycles. The number of esters is 1. The van der Waals surface area contributed by atoms with E-state index in [9.17, 15) is 4.79 Å². The first-order valence-corrected chi connectivity index (χ1v) is 10.0. The van der Waals surface area contributed by atoms with Gasteiger partial charge in [-0.2, -0.15) is 0 Å². The number of pyridine rings is 1. The second-order valence-corrected chi connectivity index (χ2v) is 7.57. The van der Waals surface area contributed by atoms with Gasteiger partial charge in [-0.15, -0.1) is 11.3 Å². The minimum Gasteiger partial charge on any atom is -0.462 e. The highest BCUT2D eigenvalue weighted by Gasteiger charge is 2.15. The van der Waals surface area contributed by atoms with E-state index in [1.807, 2.05) is 12.3 Å². The second-order valence-electron chi connectivity index (χ2n) is 5.39. The van der Waals surface area contributed by atoms with E-state index in [2.05, 4.69) is 31.2 Å². The van der Waals surface area contributed by atoms with Crippen LogP contribution in [0.2, 0.25) is 5.02 Å². The molecule has 27 heavy (non-hydrogen) atoms. The van der Waals surface area contributed by atoms with Crippen LogP contribution in [0.25, 0.3) is 0 Å². The van der Waals surface area contributed by atoms with Gasteiger partial charge in [-0.1, -0.05) is 11.6 Å². The molecule has 3 rings (SSSR count). The Labute approximate surface area is 173 Å². The Balaban J connectivity index is 1.91. The summed E-state index contributed by atoms with van der Waals surface area (Å²) in [4.78, 5) is 20.7. The molecule has 1 aromatic carbocycles. The number of aromatic nitrogens is 2. The Kier molecular flexibility index (Phi) is 6.30. The lowest BCUT2D eigenvalue weighted by Gasteiger charge is -2.13. The van der Waals surface area contributed by atoms with Crippen LogP contribution in [0.3, 0.4) is 0 Å². The number of nitrogens with zero attached hydrogens (tertiary/aromatic N) is 2. The first kappa shape index (κ1) is 19.6. The number of nitrogens with one attached hydrogen (secondary N) is 1. The van der Waals surface area contributed by atoms with Gasteiger partial charge in [-0.25, -0.2) is 14.8 Å². The van der Waals surface area contributed by atoms with E-state index in [1.54, 1.807) is 37.4 Å². The van der Waals surface area contributed by atoms with E-state index in [4.69, 9.17) is 21.1 Å². The predicted octanol–water partition coefficient (Wildman–Crippen LogP) is 5.98. The fourth-order valence-electron chi connectivity index (χ4n) is 2.15. The highest BCUT2D eigenvalue weighted by Crippen LogP contribution is 2.36. The van der Waals surface area contributed by atoms with Crippen LogP contribution in [-0.2, 0) is 4.74 Å². The minimum absolute atomic E-state index is 0.286. The fourth-order valence-corrected chi connectivity index (χ4v) is 3.30. The molecule has 0 spiro atoms. The van der Waals surface area contributed by atoms with Gasteiger partial charge < -0.3 is 14.8 Å². The lowest BCUT2D eigenvalue weighted by atomic mass is 10.2. The molecule has 6 nitrogen and oxygen atoms in total. The topological polar surface area (TPSA) is 73.3 Å². The van der Waals surface area contributed by atoms with Crippen LogP contribution in [0.1, 0.15) is 23.0 Å². The Hall–Kier alpha value is -2.16. The van der Waals surface area contributed by atoms with E-state index < -0.39 is 5.97 Å². The van der Waals surface area contributed by atoms with Crippen LogP contribution in [-0.4, -0.2) is 22.5 Å². The van der Waals surface area contributed by atoms with Crippen molar-refractivity contribution in [2.45, 2.75) is 13.8 Å². The first-order chi connectivity index (χ1) is 13.0. The number of benzene rings is 1. The molecule has 140 valence electrons. The quantitative estimate of drug-likeness (QED) is 0.449. The summed E-state index contributed by atoms with van der Waals surface area (Å²) >= 11 is 11.1. The molecular weight excluding hydrogens is 454 g/mol. The molecule has 9 heteroatoms. The van der Waals surface area contributed by atoms with Gasteiger partial charge in [0.25, 0.3) is 0 Å². The van der Waals surface area contributed by atoms with Gasteiger partial charge >= 0.3 is 5.97 Å². The van der Waals surface area contributed by atoms with Crippen molar-refractivity contribution in [1.29, 1.82) is 0 Å². The zero-order valence-electron chi connectivity index (χ0n) is 14.5. The van der Waals surface area contributed by atoms with Crippen molar-refractivity contribution in [2.75, 3.05) is 11.9 Å². The van der Waals surface area contributed by atoms with Crippen LogP contribution in [0.15, 0.2) is 40.3 Å². The van der Waals surface area contributed by atoms with E-state index in [-0.39, 0.29) is 6.61 Å². The predicted molar refractivity (Wildman–Crippen MR) is 110 cm³/mol. The molecule has 0 radical (unpaired) electrons. The minimum atomic E-state index is -0.442. The Bertz CT molecular complexity index is 980. The highest BCUT2D eigenvalue weighted by molar-refractivity contribution is 9.10. The fraction of sp³-hybridized carbons (Fsp3) is 0.167. The van der Waals surface area contributed by atoms with Gasteiger partial charge in [0.1, 0.15) is 5.75 Å². The molecule has 1 N–H and O–H groups in total. The van der Waals surface area contributed by atoms with Crippen molar-refractivity contribution in [3.05, 3.63) is 56.6 Å². The molecule has 2 aromatic heterocycles. The number of anilines is 2. The van der Waals surface area contributed by atoms with E-state index in [0.29, 0.717) is 33.0 Å². The summed E-state index contributed by atoms with van der Waals surface area (Å²) in [6.07, 6.45) is 1.65. The SMILES string of the molecule is CCOC(=O)c1ccc(Cl)c(Oc2cc(Br)cnc2Nc2nc(C)cs2)c1. The zero-order valence-corrected chi connectivity index (χ0v) is 17.6. The number of thiazole rings is 1. The van der Waals surface area contributed by atoms with Gasteiger partial charge in [0.15, 0.2) is 16.7 Å². The lowest BCUT2D eigenvalue weighted by Crippen LogP contribution is -2.05. The monoisotopic (exact) mass is 467 g/mol. The van der Waals surface area contributed by atoms with Crippen molar-refractivity contribution in [1.82, 2.24) is 9.97 Å². The zero-order chi connectivity index (χ0) is 19.4. The normalized spacial score (nSPS) is 10.5. The Morgan fingerprint density at radius 3 is 2.85 bits per heavy atom. The van der Waals surface area contributed by atoms with Crippen LogP contribution < -0.4 is 10.1 Å². The molecule has 0 fully saturated rings. The number of hydrogen-bond donors (Lipinski definition) is 1. The summed E-state index contributed by atoms with van der Waals surface area (Å²) in [7, 11) is 0. The average molecular weight is 469 g/mol. The number of halogens is 2. The molecule has 0 amide bonds. The van der Waals surface area contributed by atoms with Gasteiger partial charge in [-0.3, -0.25) is 0 Å². The van der Waals surface area contributed by atoms with E-state index >= 15 is 0 Å². The summed E-state index contributed by atoms with van der Waals surface area (Å²) in [5, 5.41) is 6.12. The van der Waals surface area contributed by atoms with Crippen molar-refractivity contribution >= 4 is 55.8 Å². The highest BCUT2D eigenvalue weighted by atomic mass is 79.9. The van der Waals surface area contributed by atoms with Gasteiger partial charge in [0.2, 0.25) is 0 Å². The number of aryl methyl sites for hydroxylation is 1. The van der Waals surface area contributed by atoms with Gasteiger partial charge in [0, 0.05) is 22.1 Å². The molecular formula is C18H15BrClN3O3S. The van der Waals surface area contributed by atoms with Crippen molar-refractivity contribution < 1.29 is 14.3 Å². The van der Waals surface area contributed by atoms with Crippen LogP contribution in [0.5, 0.6) is 11.5 Å². The van der Waals surface area contributed by atoms with Crippen LogP contribution >= 0.6 is 38.9 Å². The maximum atomic E-state index is 12.0. The lowest BCUT2D eigenvalue weighted by molar-refractivity contribution is 0.0526.